The summed E-state index contributed by atoms with van der Waals surface area (Å²) >= 11 is 0. The second-order valence-electron chi connectivity index (χ2n) is 7.25. The Balaban J connectivity index is 1.82. The van der Waals surface area contributed by atoms with Crippen molar-refractivity contribution in [2.75, 3.05) is 0 Å². The average Bonchev–Trinajstić information content (AvgIpc) is 2.75. The Kier molecular flexibility index (Phi) is 5.34. The largest absolute Gasteiger partial charge is 0.368 e. The third-order valence-corrected chi connectivity index (χ3v) is 5.45. The number of hydrogen-bond donors (Lipinski definition) is 1. The monoisotopic (exact) mass is 368 g/mol. The predicted octanol–water partition coefficient (Wildman–Crippen LogP) is 4.50. The van der Waals surface area contributed by atoms with Crippen molar-refractivity contribution in [2.24, 2.45) is 10.7 Å². The van der Waals surface area contributed by atoms with Gasteiger partial charge in [-0.2, -0.15) is 0 Å². The highest BCUT2D eigenvalue weighted by atomic mass is 16.1. The van der Waals surface area contributed by atoms with E-state index in [0.717, 1.165) is 36.1 Å². The molecule has 28 heavy (non-hydrogen) atoms. The number of primary amides is 1. The minimum Gasteiger partial charge on any atom is -0.368 e. The van der Waals surface area contributed by atoms with Crippen LogP contribution in [-0.2, 0) is 11.2 Å². The molecule has 0 radical (unpaired) electrons. The van der Waals surface area contributed by atoms with Crippen molar-refractivity contribution in [3.63, 3.8) is 0 Å². The van der Waals surface area contributed by atoms with E-state index in [1.807, 2.05) is 66.7 Å². The van der Waals surface area contributed by atoms with E-state index in [1.54, 1.807) is 0 Å². The summed E-state index contributed by atoms with van der Waals surface area (Å²) in [4.78, 5) is 17.5. The summed E-state index contributed by atoms with van der Waals surface area (Å²) in [5.41, 5.74) is 11.2. The molecule has 1 amide bonds. The molecule has 1 aliphatic carbocycles. The van der Waals surface area contributed by atoms with Gasteiger partial charge in [-0.1, -0.05) is 84.9 Å². The Morgan fingerprint density at radius 3 is 2.04 bits per heavy atom. The zero-order valence-corrected chi connectivity index (χ0v) is 15.8. The number of hydrogen-bond acceptors (Lipinski definition) is 2. The number of amides is 1. The van der Waals surface area contributed by atoms with Gasteiger partial charge in [-0.25, -0.2) is 0 Å². The lowest BCUT2D eigenvalue weighted by molar-refractivity contribution is -0.119. The lowest BCUT2D eigenvalue weighted by Crippen LogP contribution is -2.35. The molecule has 0 aliphatic heterocycles. The minimum atomic E-state index is -0.586. The Bertz CT molecular complexity index is 938. The van der Waals surface area contributed by atoms with Crippen LogP contribution in [0.3, 0.4) is 0 Å². The molecule has 2 atom stereocenters. The molecule has 1 aliphatic rings. The second-order valence-corrected chi connectivity index (χ2v) is 7.25. The summed E-state index contributed by atoms with van der Waals surface area (Å²) in [5, 5.41) is 0. The first-order chi connectivity index (χ1) is 13.7. The molecule has 0 spiro atoms. The Morgan fingerprint density at radius 1 is 0.857 bits per heavy atom. The van der Waals surface area contributed by atoms with E-state index >= 15 is 0 Å². The molecule has 4 rings (SSSR count). The van der Waals surface area contributed by atoms with Crippen LogP contribution in [0.15, 0.2) is 89.9 Å². The van der Waals surface area contributed by atoms with Crippen molar-refractivity contribution in [1.29, 1.82) is 0 Å². The molecule has 3 aromatic carbocycles. The third kappa shape index (κ3) is 3.74. The molecule has 0 fully saturated rings. The van der Waals surface area contributed by atoms with Crippen molar-refractivity contribution in [2.45, 2.75) is 31.2 Å². The van der Waals surface area contributed by atoms with Gasteiger partial charge in [0.05, 0.1) is 5.71 Å². The fourth-order valence-corrected chi connectivity index (χ4v) is 4.12. The van der Waals surface area contributed by atoms with Crippen LogP contribution in [0.5, 0.6) is 0 Å². The Labute approximate surface area is 165 Å². The standard InChI is InChI=1S/C25H24N2O/c26-25(28)24(22-17-9-15-18-10-7-8-16-21(18)22)27-23(19-11-3-1-4-12-19)20-13-5-2-6-14-20/h1-8,10-14,16,22,24H,9,15,17H2,(H2,26,28). The molecule has 0 saturated heterocycles. The lowest BCUT2D eigenvalue weighted by Gasteiger charge is -2.29. The van der Waals surface area contributed by atoms with Gasteiger partial charge < -0.3 is 5.73 Å². The molecule has 3 heteroatoms. The smallest absolute Gasteiger partial charge is 0.242 e. The van der Waals surface area contributed by atoms with Crippen molar-refractivity contribution >= 4 is 11.6 Å². The predicted molar refractivity (Wildman–Crippen MR) is 114 cm³/mol. The van der Waals surface area contributed by atoms with Crippen LogP contribution < -0.4 is 5.73 Å². The number of fused-ring (bicyclic) bond motifs is 1. The SMILES string of the molecule is NC(=O)C(N=C(c1ccccc1)c1ccccc1)C1CCCc2ccccc21. The van der Waals surface area contributed by atoms with Crippen molar-refractivity contribution in [3.05, 3.63) is 107 Å². The maximum absolute atomic E-state index is 12.5. The van der Waals surface area contributed by atoms with Crippen LogP contribution in [-0.4, -0.2) is 17.7 Å². The zero-order chi connectivity index (χ0) is 19.3. The van der Waals surface area contributed by atoms with Crippen molar-refractivity contribution in [3.8, 4) is 0 Å². The molecule has 2 unspecified atom stereocenters. The van der Waals surface area contributed by atoms with E-state index in [1.165, 1.54) is 11.1 Å². The molecule has 3 aromatic rings. The quantitative estimate of drug-likeness (QED) is 0.663. The summed E-state index contributed by atoms with van der Waals surface area (Å²) in [6, 6.07) is 27.8. The maximum atomic E-state index is 12.5. The molecular formula is C25H24N2O. The van der Waals surface area contributed by atoms with Gasteiger partial charge in [-0.05, 0) is 30.4 Å². The van der Waals surface area contributed by atoms with Crippen LogP contribution in [0, 0.1) is 0 Å². The molecular weight excluding hydrogens is 344 g/mol. The Hall–Kier alpha value is -3.20. The van der Waals surface area contributed by atoms with E-state index in [2.05, 4.69) is 18.2 Å². The highest BCUT2D eigenvalue weighted by Gasteiger charge is 2.31. The van der Waals surface area contributed by atoms with Gasteiger partial charge in [0.15, 0.2) is 0 Å². The first-order valence-corrected chi connectivity index (χ1v) is 9.80. The molecule has 0 aromatic heterocycles. The van der Waals surface area contributed by atoms with Gasteiger partial charge in [0, 0.05) is 17.0 Å². The first kappa shape index (κ1) is 18.2. The van der Waals surface area contributed by atoms with Gasteiger partial charge in [0.1, 0.15) is 6.04 Å². The maximum Gasteiger partial charge on any atom is 0.242 e. The van der Waals surface area contributed by atoms with Gasteiger partial charge in [0.25, 0.3) is 0 Å². The second kappa shape index (κ2) is 8.22. The van der Waals surface area contributed by atoms with Crippen LogP contribution >= 0.6 is 0 Å². The number of aryl methyl sites for hydroxylation is 1. The summed E-state index contributed by atoms with van der Waals surface area (Å²) in [5.74, 6) is -0.351. The highest BCUT2D eigenvalue weighted by Crippen LogP contribution is 2.35. The molecule has 2 N–H and O–H groups in total. The molecule has 140 valence electrons. The molecule has 3 nitrogen and oxygen atoms in total. The van der Waals surface area contributed by atoms with Gasteiger partial charge in [-0.15, -0.1) is 0 Å². The van der Waals surface area contributed by atoms with Gasteiger partial charge in [-0.3, -0.25) is 9.79 Å². The fourth-order valence-electron chi connectivity index (χ4n) is 4.12. The zero-order valence-electron chi connectivity index (χ0n) is 15.8. The van der Waals surface area contributed by atoms with E-state index in [-0.39, 0.29) is 11.8 Å². The Morgan fingerprint density at radius 2 is 1.43 bits per heavy atom. The summed E-state index contributed by atoms with van der Waals surface area (Å²) in [7, 11) is 0. The van der Waals surface area contributed by atoms with E-state index in [9.17, 15) is 4.79 Å². The normalized spacial score (nSPS) is 16.6. The fraction of sp³-hybridized carbons (Fsp3) is 0.200. The van der Waals surface area contributed by atoms with E-state index < -0.39 is 6.04 Å². The summed E-state index contributed by atoms with van der Waals surface area (Å²) < 4.78 is 0. The van der Waals surface area contributed by atoms with Crippen molar-refractivity contribution < 1.29 is 4.79 Å². The first-order valence-electron chi connectivity index (χ1n) is 9.80. The number of aliphatic imine (C=N–C) groups is 1. The number of benzene rings is 3. The van der Waals surface area contributed by atoms with E-state index in [4.69, 9.17) is 10.7 Å². The van der Waals surface area contributed by atoms with Gasteiger partial charge in [0.2, 0.25) is 5.91 Å². The highest BCUT2D eigenvalue weighted by molar-refractivity contribution is 6.13. The average molecular weight is 368 g/mol. The number of nitrogens with two attached hydrogens (primary N) is 1. The summed E-state index contributed by atoms with van der Waals surface area (Å²) in [6.07, 6.45) is 3.02. The van der Waals surface area contributed by atoms with Crippen LogP contribution in [0.4, 0.5) is 0 Å². The number of nitrogens with zero attached hydrogens (tertiary/aromatic N) is 1. The topological polar surface area (TPSA) is 55.5 Å². The van der Waals surface area contributed by atoms with Crippen LogP contribution in [0.1, 0.15) is 41.0 Å². The van der Waals surface area contributed by atoms with E-state index in [0.29, 0.717) is 0 Å². The lowest BCUT2D eigenvalue weighted by atomic mass is 9.78. The number of rotatable bonds is 5. The minimum absolute atomic E-state index is 0.0184. The number of carbonyl (C=O) groups is 1. The molecule has 0 saturated carbocycles. The third-order valence-electron chi connectivity index (χ3n) is 5.45. The van der Waals surface area contributed by atoms with Gasteiger partial charge >= 0.3 is 0 Å². The number of carbonyl (C=O) groups excluding carboxylic acids is 1. The summed E-state index contributed by atoms with van der Waals surface area (Å²) in [6.45, 7) is 0. The van der Waals surface area contributed by atoms with Crippen molar-refractivity contribution in [1.82, 2.24) is 0 Å². The molecule has 0 bridgehead atoms. The molecule has 0 heterocycles. The van der Waals surface area contributed by atoms with Crippen LogP contribution in [0.2, 0.25) is 0 Å². The van der Waals surface area contributed by atoms with Crippen LogP contribution in [0.25, 0.3) is 0 Å².